The molecule has 0 amide bonds. The predicted molar refractivity (Wildman–Crippen MR) is 54.5 cm³/mol. The predicted octanol–water partition coefficient (Wildman–Crippen LogP) is 2.40. The Morgan fingerprint density at radius 3 is 3.00 bits per heavy atom. The molecule has 4 heteroatoms. The van der Waals surface area contributed by atoms with E-state index in [-0.39, 0.29) is 0 Å². The number of nitrogens with zero attached hydrogens (tertiary/aromatic N) is 2. The van der Waals surface area contributed by atoms with Gasteiger partial charge in [-0.2, -0.15) is 5.10 Å². The first kappa shape index (κ1) is 10.4. The summed E-state index contributed by atoms with van der Waals surface area (Å²) in [6, 6.07) is 0. The topological polar surface area (TPSA) is 34.9 Å². The molecule has 0 saturated heterocycles. The minimum Gasteiger partial charge on any atom is -0.300 e. The molecule has 0 saturated carbocycles. The van der Waals surface area contributed by atoms with Crippen LogP contribution < -0.4 is 0 Å². The standard InChI is InChI=1S/C9H13BrN2O/c1-2-9(13)4-3-5-12-7-8(10)6-11-12/h6-7H,2-5H2,1H3. The van der Waals surface area contributed by atoms with Crippen LogP contribution in [0.3, 0.4) is 0 Å². The molecule has 0 aliphatic heterocycles. The third-order valence-electron chi connectivity index (χ3n) is 1.84. The molecule has 1 heterocycles. The highest BCUT2D eigenvalue weighted by molar-refractivity contribution is 9.10. The van der Waals surface area contributed by atoms with E-state index in [1.165, 1.54) is 0 Å². The fraction of sp³-hybridized carbons (Fsp3) is 0.556. The Morgan fingerprint density at radius 1 is 1.69 bits per heavy atom. The maximum absolute atomic E-state index is 11.0. The highest BCUT2D eigenvalue weighted by atomic mass is 79.9. The third-order valence-corrected chi connectivity index (χ3v) is 2.25. The highest BCUT2D eigenvalue weighted by Gasteiger charge is 1.99. The van der Waals surface area contributed by atoms with E-state index in [0.717, 1.165) is 17.4 Å². The van der Waals surface area contributed by atoms with Crippen LogP contribution in [0.15, 0.2) is 16.9 Å². The molecular weight excluding hydrogens is 232 g/mol. The molecule has 0 unspecified atom stereocenters. The maximum Gasteiger partial charge on any atom is 0.132 e. The molecule has 72 valence electrons. The first-order valence-electron chi connectivity index (χ1n) is 4.42. The van der Waals surface area contributed by atoms with Crippen molar-refractivity contribution in [2.45, 2.75) is 32.7 Å². The van der Waals surface area contributed by atoms with Crippen LogP contribution in [-0.4, -0.2) is 15.6 Å². The van der Waals surface area contributed by atoms with Crippen LogP contribution in [0.25, 0.3) is 0 Å². The number of hydrogen-bond acceptors (Lipinski definition) is 2. The minimum atomic E-state index is 0.325. The van der Waals surface area contributed by atoms with Gasteiger partial charge in [0, 0.05) is 25.6 Å². The molecule has 13 heavy (non-hydrogen) atoms. The van der Waals surface area contributed by atoms with Crippen molar-refractivity contribution in [1.29, 1.82) is 0 Å². The van der Waals surface area contributed by atoms with E-state index in [1.807, 2.05) is 17.8 Å². The van der Waals surface area contributed by atoms with Crippen LogP contribution in [0.5, 0.6) is 0 Å². The molecule has 0 atom stereocenters. The second-order valence-electron chi connectivity index (χ2n) is 2.92. The first-order chi connectivity index (χ1) is 6.22. The van der Waals surface area contributed by atoms with Crippen LogP contribution >= 0.6 is 15.9 Å². The third kappa shape index (κ3) is 3.72. The lowest BCUT2D eigenvalue weighted by atomic mass is 10.2. The normalized spacial score (nSPS) is 10.3. The second kappa shape index (κ2) is 5.17. The lowest BCUT2D eigenvalue weighted by Crippen LogP contribution is -2.02. The minimum absolute atomic E-state index is 0.325. The van der Waals surface area contributed by atoms with E-state index in [9.17, 15) is 4.79 Å². The monoisotopic (exact) mass is 244 g/mol. The number of aromatic nitrogens is 2. The van der Waals surface area contributed by atoms with Gasteiger partial charge in [-0.1, -0.05) is 6.92 Å². The van der Waals surface area contributed by atoms with Crippen LogP contribution in [-0.2, 0) is 11.3 Å². The first-order valence-corrected chi connectivity index (χ1v) is 5.21. The molecule has 1 rings (SSSR count). The zero-order chi connectivity index (χ0) is 9.68. The van der Waals surface area contributed by atoms with Crippen molar-refractivity contribution in [2.24, 2.45) is 0 Å². The van der Waals surface area contributed by atoms with Crippen molar-refractivity contribution in [3.63, 3.8) is 0 Å². The summed E-state index contributed by atoms with van der Waals surface area (Å²) in [4.78, 5) is 11.0. The molecule has 3 nitrogen and oxygen atoms in total. The number of ketones is 1. The molecule has 0 radical (unpaired) electrons. The SMILES string of the molecule is CCC(=O)CCCn1cc(Br)cn1. The van der Waals surface area contributed by atoms with E-state index in [0.29, 0.717) is 18.6 Å². The number of rotatable bonds is 5. The molecule has 0 N–H and O–H groups in total. The molecule has 1 aromatic rings. The Hall–Kier alpha value is -0.640. The van der Waals surface area contributed by atoms with Gasteiger partial charge in [-0.3, -0.25) is 9.48 Å². The largest absolute Gasteiger partial charge is 0.300 e. The van der Waals surface area contributed by atoms with E-state index < -0.39 is 0 Å². The summed E-state index contributed by atoms with van der Waals surface area (Å²) >= 11 is 3.32. The molecule has 1 aromatic heterocycles. The summed E-state index contributed by atoms with van der Waals surface area (Å²) in [5.41, 5.74) is 0. The van der Waals surface area contributed by atoms with Gasteiger partial charge in [-0.15, -0.1) is 0 Å². The maximum atomic E-state index is 11.0. The summed E-state index contributed by atoms with van der Waals surface area (Å²) in [5, 5.41) is 4.10. The Labute approximate surface area is 86.3 Å². The van der Waals surface area contributed by atoms with Crippen molar-refractivity contribution in [3.8, 4) is 0 Å². The summed E-state index contributed by atoms with van der Waals surface area (Å²) in [6.45, 7) is 2.71. The van der Waals surface area contributed by atoms with Gasteiger partial charge in [0.05, 0.1) is 10.7 Å². The zero-order valence-electron chi connectivity index (χ0n) is 7.66. The second-order valence-corrected chi connectivity index (χ2v) is 3.83. The molecule has 0 aliphatic rings. The average Bonchev–Trinajstić information content (AvgIpc) is 2.51. The van der Waals surface area contributed by atoms with Crippen LogP contribution in [0.4, 0.5) is 0 Å². The van der Waals surface area contributed by atoms with Gasteiger partial charge in [0.15, 0.2) is 0 Å². The van der Waals surface area contributed by atoms with Gasteiger partial charge in [0.1, 0.15) is 5.78 Å². The van der Waals surface area contributed by atoms with Crippen molar-refractivity contribution in [2.75, 3.05) is 0 Å². The summed E-state index contributed by atoms with van der Waals surface area (Å²) in [5.74, 6) is 0.325. The summed E-state index contributed by atoms with van der Waals surface area (Å²) in [6.07, 6.45) is 5.84. The number of hydrogen-bond donors (Lipinski definition) is 0. The average molecular weight is 245 g/mol. The van der Waals surface area contributed by atoms with Gasteiger partial charge in [-0.25, -0.2) is 0 Å². The fourth-order valence-electron chi connectivity index (χ4n) is 1.08. The molecule has 0 aromatic carbocycles. The lowest BCUT2D eigenvalue weighted by molar-refractivity contribution is -0.118. The van der Waals surface area contributed by atoms with Crippen LogP contribution in [0.2, 0.25) is 0 Å². The quantitative estimate of drug-likeness (QED) is 0.798. The zero-order valence-corrected chi connectivity index (χ0v) is 9.25. The Kier molecular flexibility index (Phi) is 4.15. The van der Waals surface area contributed by atoms with E-state index in [4.69, 9.17) is 0 Å². The molecular formula is C9H13BrN2O. The number of Topliss-reactive ketones (excluding diaryl/α,β-unsaturated/α-hetero) is 1. The molecule has 0 spiro atoms. The van der Waals surface area contributed by atoms with Crippen molar-refractivity contribution < 1.29 is 4.79 Å². The van der Waals surface area contributed by atoms with Gasteiger partial charge >= 0.3 is 0 Å². The van der Waals surface area contributed by atoms with E-state index in [2.05, 4.69) is 21.0 Å². The highest BCUT2D eigenvalue weighted by Crippen LogP contribution is 2.07. The number of carbonyl (C=O) groups excluding carboxylic acids is 1. The number of halogens is 1. The summed E-state index contributed by atoms with van der Waals surface area (Å²) in [7, 11) is 0. The summed E-state index contributed by atoms with van der Waals surface area (Å²) < 4.78 is 2.82. The molecule has 0 aliphatic carbocycles. The smallest absolute Gasteiger partial charge is 0.132 e. The van der Waals surface area contributed by atoms with E-state index in [1.54, 1.807) is 6.20 Å². The Balaban J connectivity index is 2.24. The van der Waals surface area contributed by atoms with Crippen molar-refractivity contribution in [1.82, 2.24) is 9.78 Å². The van der Waals surface area contributed by atoms with E-state index >= 15 is 0 Å². The van der Waals surface area contributed by atoms with Gasteiger partial charge in [-0.05, 0) is 22.4 Å². The Morgan fingerprint density at radius 2 is 2.46 bits per heavy atom. The van der Waals surface area contributed by atoms with Crippen LogP contribution in [0.1, 0.15) is 26.2 Å². The number of aryl methyl sites for hydroxylation is 1. The van der Waals surface area contributed by atoms with Gasteiger partial charge in [0.2, 0.25) is 0 Å². The van der Waals surface area contributed by atoms with Crippen molar-refractivity contribution in [3.05, 3.63) is 16.9 Å². The Bertz CT molecular complexity index is 283. The lowest BCUT2D eigenvalue weighted by Gasteiger charge is -1.99. The van der Waals surface area contributed by atoms with Crippen molar-refractivity contribution >= 4 is 21.7 Å². The van der Waals surface area contributed by atoms with Gasteiger partial charge in [0.25, 0.3) is 0 Å². The molecule has 0 fully saturated rings. The fourth-order valence-corrected chi connectivity index (χ4v) is 1.40. The van der Waals surface area contributed by atoms with Crippen LogP contribution in [0, 0.1) is 0 Å². The molecule has 0 bridgehead atoms. The number of carbonyl (C=O) groups is 1. The van der Waals surface area contributed by atoms with Gasteiger partial charge < -0.3 is 0 Å².